The molecular formula is C9H24N4O. The van der Waals surface area contributed by atoms with E-state index in [9.17, 15) is 5.21 Å². The zero-order chi connectivity index (χ0) is 10.6. The summed E-state index contributed by atoms with van der Waals surface area (Å²) in [6, 6.07) is 0. The van der Waals surface area contributed by atoms with Gasteiger partial charge < -0.3 is 21.6 Å². The summed E-state index contributed by atoms with van der Waals surface area (Å²) in [6.07, 6.45) is 0.981. The van der Waals surface area contributed by atoms with Crippen molar-refractivity contribution in [2.24, 2.45) is 5.73 Å². The van der Waals surface area contributed by atoms with Gasteiger partial charge in [-0.2, -0.15) is 5.06 Å². The molecule has 0 aliphatic heterocycles. The van der Waals surface area contributed by atoms with Gasteiger partial charge in [-0.15, -0.1) is 0 Å². The van der Waals surface area contributed by atoms with E-state index in [1.54, 1.807) is 0 Å². The minimum Gasteiger partial charge on any atom is -0.329 e. The van der Waals surface area contributed by atoms with Gasteiger partial charge in [0.05, 0.1) is 0 Å². The molecule has 5 nitrogen and oxygen atoms in total. The summed E-state index contributed by atoms with van der Waals surface area (Å²) in [4.78, 5) is 0. The van der Waals surface area contributed by atoms with Crippen LogP contribution in [-0.2, 0) is 0 Å². The Kier molecular flexibility index (Phi) is 10.7. The average Bonchev–Trinajstić information content (AvgIpc) is 2.17. The van der Waals surface area contributed by atoms with Crippen molar-refractivity contribution in [2.45, 2.75) is 13.3 Å². The molecule has 0 bridgehead atoms. The molecule has 14 heavy (non-hydrogen) atoms. The summed E-state index contributed by atoms with van der Waals surface area (Å²) in [5.74, 6) is 0. The first kappa shape index (κ1) is 13.8. The quantitative estimate of drug-likeness (QED) is 0.278. The molecule has 0 aromatic heterocycles. The number of nitrogens with zero attached hydrogens (tertiary/aromatic N) is 1. The Bertz CT molecular complexity index is 113. The molecule has 0 aliphatic carbocycles. The summed E-state index contributed by atoms with van der Waals surface area (Å²) in [5, 5.41) is 17.0. The molecule has 0 amide bonds. The zero-order valence-corrected chi connectivity index (χ0v) is 9.13. The monoisotopic (exact) mass is 204 g/mol. The fraction of sp³-hybridized carbons (Fsp3) is 1.00. The summed E-state index contributed by atoms with van der Waals surface area (Å²) >= 11 is 0. The first-order valence-electron chi connectivity index (χ1n) is 5.36. The van der Waals surface area contributed by atoms with E-state index in [1.807, 2.05) is 6.92 Å². The minimum atomic E-state index is 0.681. The highest BCUT2D eigenvalue weighted by Crippen LogP contribution is 1.82. The Morgan fingerprint density at radius 3 is 2.29 bits per heavy atom. The van der Waals surface area contributed by atoms with Crippen molar-refractivity contribution in [3.05, 3.63) is 0 Å². The first-order chi connectivity index (χ1) is 6.81. The maximum Gasteiger partial charge on any atom is 0.0363 e. The molecule has 5 N–H and O–H groups in total. The molecule has 0 saturated heterocycles. The predicted molar refractivity (Wildman–Crippen MR) is 58.4 cm³/mol. The lowest BCUT2D eigenvalue weighted by molar-refractivity contribution is -0.0888. The topological polar surface area (TPSA) is 73.5 Å². The number of rotatable bonds is 10. The molecule has 0 spiro atoms. The fourth-order valence-corrected chi connectivity index (χ4v) is 1.11. The van der Waals surface area contributed by atoms with Gasteiger partial charge >= 0.3 is 0 Å². The molecule has 0 saturated carbocycles. The van der Waals surface area contributed by atoms with Crippen LogP contribution in [0.4, 0.5) is 0 Å². The van der Waals surface area contributed by atoms with Crippen molar-refractivity contribution in [2.75, 3.05) is 45.8 Å². The van der Waals surface area contributed by atoms with Crippen LogP contribution in [0.15, 0.2) is 0 Å². The summed E-state index contributed by atoms with van der Waals surface area (Å²) in [7, 11) is 0. The standard InChI is InChI=1S/C9H24N4O/c1-2-8-13(14)9-7-12-6-5-11-4-3-10/h11-12,14H,2-10H2,1H3. The number of hydrogen-bond donors (Lipinski definition) is 4. The van der Waals surface area contributed by atoms with E-state index in [2.05, 4.69) is 10.6 Å². The number of hydroxylamine groups is 2. The predicted octanol–water partition coefficient (Wildman–Crippen LogP) is -0.774. The van der Waals surface area contributed by atoms with Gasteiger partial charge in [0.2, 0.25) is 0 Å². The van der Waals surface area contributed by atoms with Crippen LogP contribution in [0.1, 0.15) is 13.3 Å². The van der Waals surface area contributed by atoms with Crippen LogP contribution in [0.5, 0.6) is 0 Å². The van der Waals surface area contributed by atoms with E-state index in [-0.39, 0.29) is 0 Å². The molecule has 0 heterocycles. The Labute approximate surface area is 86.6 Å². The van der Waals surface area contributed by atoms with Crippen LogP contribution in [0.2, 0.25) is 0 Å². The largest absolute Gasteiger partial charge is 0.329 e. The van der Waals surface area contributed by atoms with Crippen LogP contribution in [0, 0.1) is 0 Å². The van der Waals surface area contributed by atoms with E-state index < -0.39 is 0 Å². The number of hydrogen-bond acceptors (Lipinski definition) is 5. The minimum absolute atomic E-state index is 0.681. The fourth-order valence-electron chi connectivity index (χ4n) is 1.11. The maximum absolute atomic E-state index is 9.25. The van der Waals surface area contributed by atoms with Gasteiger partial charge in [-0.1, -0.05) is 6.92 Å². The second-order valence-electron chi connectivity index (χ2n) is 3.24. The molecule has 0 radical (unpaired) electrons. The highest BCUT2D eigenvalue weighted by atomic mass is 16.5. The molecule has 86 valence electrons. The highest BCUT2D eigenvalue weighted by molar-refractivity contribution is 4.54. The maximum atomic E-state index is 9.25. The molecule has 0 unspecified atom stereocenters. The third-order valence-corrected chi connectivity index (χ3v) is 1.83. The summed E-state index contributed by atoms with van der Waals surface area (Å²) < 4.78 is 0. The van der Waals surface area contributed by atoms with Crippen LogP contribution < -0.4 is 16.4 Å². The lowest BCUT2D eigenvalue weighted by Crippen LogP contribution is -2.35. The molecule has 0 rings (SSSR count). The Morgan fingerprint density at radius 1 is 1.07 bits per heavy atom. The molecular weight excluding hydrogens is 180 g/mol. The molecule has 0 aliphatic rings. The van der Waals surface area contributed by atoms with Crippen LogP contribution in [0.25, 0.3) is 0 Å². The molecule has 5 heteroatoms. The average molecular weight is 204 g/mol. The van der Waals surface area contributed by atoms with Gasteiger partial charge in [-0.3, -0.25) is 0 Å². The van der Waals surface area contributed by atoms with Crippen LogP contribution >= 0.6 is 0 Å². The lowest BCUT2D eigenvalue weighted by atomic mass is 10.4. The van der Waals surface area contributed by atoms with Crippen molar-refractivity contribution in [1.29, 1.82) is 0 Å². The van der Waals surface area contributed by atoms with Gasteiger partial charge in [0.1, 0.15) is 0 Å². The second-order valence-corrected chi connectivity index (χ2v) is 3.24. The summed E-state index contributed by atoms with van der Waals surface area (Å²) in [5.41, 5.74) is 5.32. The zero-order valence-electron chi connectivity index (χ0n) is 9.13. The van der Waals surface area contributed by atoms with Gasteiger partial charge in [0, 0.05) is 45.8 Å². The van der Waals surface area contributed by atoms with E-state index in [0.717, 1.165) is 39.1 Å². The van der Waals surface area contributed by atoms with Gasteiger partial charge in [-0.05, 0) is 6.42 Å². The van der Waals surface area contributed by atoms with Crippen LogP contribution in [-0.4, -0.2) is 56.1 Å². The number of nitrogens with two attached hydrogens (primary N) is 1. The van der Waals surface area contributed by atoms with E-state index in [4.69, 9.17) is 5.73 Å². The van der Waals surface area contributed by atoms with Crippen molar-refractivity contribution in [3.8, 4) is 0 Å². The van der Waals surface area contributed by atoms with Crippen molar-refractivity contribution < 1.29 is 5.21 Å². The van der Waals surface area contributed by atoms with Crippen molar-refractivity contribution in [1.82, 2.24) is 15.7 Å². The third-order valence-electron chi connectivity index (χ3n) is 1.83. The van der Waals surface area contributed by atoms with Gasteiger partial charge in [-0.25, -0.2) is 0 Å². The van der Waals surface area contributed by atoms with E-state index >= 15 is 0 Å². The normalized spacial score (nSPS) is 11.1. The molecule has 0 fully saturated rings. The van der Waals surface area contributed by atoms with Gasteiger partial charge in [0.15, 0.2) is 0 Å². The molecule has 0 aromatic rings. The van der Waals surface area contributed by atoms with E-state index in [1.165, 1.54) is 5.06 Å². The third kappa shape index (κ3) is 9.88. The first-order valence-corrected chi connectivity index (χ1v) is 5.36. The van der Waals surface area contributed by atoms with Crippen LogP contribution in [0.3, 0.4) is 0 Å². The van der Waals surface area contributed by atoms with Crippen molar-refractivity contribution >= 4 is 0 Å². The highest BCUT2D eigenvalue weighted by Gasteiger charge is 1.96. The summed E-state index contributed by atoms with van der Waals surface area (Å²) in [6.45, 7) is 7.69. The lowest BCUT2D eigenvalue weighted by Gasteiger charge is -2.13. The smallest absolute Gasteiger partial charge is 0.0363 e. The Morgan fingerprint density at radius 2 is 1.71 bits per heavy atom. The second kappa shape index (κ2) is 10.9. The van der Waals surface area contributed by atoms with Gasteiger partial charge in [0.25, 0.3) is 0 Å². The van der Waals surface area contributed by atoms with E-state index in [0.29, 0.717) is 13.1 Å². The molecule has 0 atom stereocenters. The Balaban J connectivity index is 2.98. The Hall–Kier alpha value is -0.200. The molecule has 0 aromatic carbocycles. The SMILES string of the molecule is CCCN(O)CCNCCNCCN. The van der Waals surface area contributed by atoms with Crippen molar-refractivity contribution in [3.63, 3.8) is 0 Å². The number of nitrogens with one attached hydrogen (secondary N) is 2.